The molecule has 1 saturated carbocycles. The Hall–Kier alpha value is -3.80. The fourth-order valence-electron chi connectivity index (χ4n) is 4.31. The molecule has 0 unspecified atom stereocenters. The van der Waals surface area contributed by atoms with E-state index in [1.165, 1.54) is 12.3 Å². The molecule has 0 aliphatic heterocycles. The molecule has 0 aromatic carbocycles. The van der Waals surface area contributed by atoms with E-state index >= 15 is 0 Å². The molecular weight excluding hydrogens is 504 g/mol. The summed E-state index contributed by atoms with van der Waals surface area (Å²) in [5.41, 5.74) is 4.46. The Kier molecular flexibility index (Phi) is 6.91. The lowest BCUT2D eigenvalue weighted by molar-refractivity contribution is 0.526. The van der Waals surface area contributed by atoms with E-state index in [2.05, 4.69) is 30.2 Å². The summed E-state index contributed by atoms with van der Waals surface area (Å²) >= 11 is 0. The van der Waals surface area contributed by atoms with Crippen molar-refractivity contribution in [2.24, 2.45) is 0 Å². The summed E-state index contributed by atoms with van der Waals surface area (Å²) in [7, 11) is -3.38. The maximum Gasteiger partial charge on any atom is 0.295 e. The number of sulfone groups is 1. The predicted octanol–water partition coefficient (Wildman–Crippen LogP) is 3.60. The third-order valence-electron chi connectivity index (χ3n) is 6.88. The largest absolute Gasteiger partial charge is 0.361 e. The van der Waals surface area contributed by atoms with Gasteiger partial charge in [0.15, 0.2) is 32.0 Å². The summed E-state index contributed by atoms with van der Waals surface area (Å²) < 4.78 is 25.7. The average molecular weight is 535 g/mol. The van der Waals surface area contributed by atoms with Crippen molar-refractivity contribution in [1.29, 1.82) is 0 Å². The topological polar surface area (TPSA) is 146 Å². The number of rotatable bonds is 9. The molecule has 0 bridgehead atoms. The molecule has 1 fully saturated rings. The SMILES string of the molecule is CC[C@H](C)n1c(=O)c(NCc2ccc(S(=O)(=O)CC)nc2)nc2ncc(-c3c(C)ncnc3C3CC3)nc21. The second-order valence-electron chi connectivity index (χ2n) is 9.55. The van der Waals surface area contributed by atoms with Gasteiger partial charge in [0, 0.05) is 30.3 Å². The first kappa shape index (κ1) is 25.8. The Morgan fingerprint density at radius 1 is 1.08 bits per heavy atom. The number of pyridine rings is 1. The summed E-state index contributed by atoms with van der Waals surface area (Å²) in [6.07, 6.45) is 7.62. The Bertz CT molecular complexity index is 1660. The molecular formula is C26H30N8O3S. The fraction of sp³-hybridized carbons (Fsp3) is 0.423. The highest BCUT2D eigenvalue weighted by Crippen LogP contribution is 2.43. The molecule has 4 heterocycles. The average Bonchev–Trinajstić information content (AvgIpc) is 3.77. The van der Waals surface area contributed by atoms with Crippen molar-refractivity contribution in [3.05, 3.63) is 58.2 Å². The first-order valence-electron chi connectivity index (χ1n) is 12.8. The number of hydrogen-bond acceptors (Lipinski definition) is 10. The van der Waals surface area contributed by atoms with Crippen LogP contribution in [0.1, 0.15) is 68.9 Å². The van der Waals surface area contributed by atoms with Crippen molar-refractivity contribution >= 4 is 26.9 Å². The van der Waals surface area contributed by atoms with Crippen molar-refractivity contribution in [1.82, 2.24) is 34.5 Å². The molecule has 198 valence electrons. The van der Waals surface area contributed by atoms with Gasteiger partial charge in [0.1, 0.15) is 6.33 Å². The lowest BCUT2D eigenvalue weighted by Crippen LogP contribution is -2.28. The van der Waals surface area contributed by atoms with E-state index in [1.807, 2.05) is 20.8 Å². The Balaban J connectivity index is 1.53. The third-order valence-corrected chi connectivity index (χ3v) is 8.52. The summed E-state index contributed by atoms with van der Waals surface area (Å²) in [5, 5.41) is 3.11. The fourth-order valence-corrected chi connectivity index (χ4v) is 5.10. The summed E-state index contributed by atoms with van der Waals surface area (Å²) in [6.45, 7) is 7.71. The molecule has 4 aromatic rings. The molecule has 0 radical (unpaired) electrons. The molecule has 1 atom stereocenters. The van der Waals surface area contributed by atoms with Gasteiger partial charge in [-0.15, -0.1) is 0 Å². The first-order valence-corrected chi connectivity index (χ1v) is 14.4. The number of nitrogens with zero attached hydrogens (tertiary/aromatic N) is 7. The Morgan fingerprint density at radius 3 is 2.53 bits per heavy atom. The normalized spacial score (nSPS) is 14.5. The molecule has 12 heteroatoms. The monoisotopic (exact) mass is 534 g/mol. The highest BCUT2D eigenvalue weighted by atomic mass is 32.2. The Labute approximate surface area is 220 Å². The molecule has 11 nitrogen and oxygen atoms in total. The molecule has 0 amide bonds. The van der Waals surface area contributed by atoms with E-state index < -0.39 is 9.84 Å². The predicted molar refractivity (Wildman–Crippen MR) is 144 cm³/mol. The third kappa shape index (κ3) is 4.87. The van der Waals surface area contributed by atoms with Crippen LogP contribution in [-0.4, -0.2) is 48.6 Å². The second-order valence-corrected chi connectivity index (χ2v) is 11.8. The summed E-state index contributed by atoms with van der Waals surface area (Å²) in [4.78, 5) is 40.5. The molecule has 1 aliphatic rings. The molecule has 1 aliphatic carbocycles. The van der Waals surface area contributed by atoms with Crippen molar-refractivity contribution in [2.45, 2.75) is 70.5 Å². The second kappa shape index (κ2) is 10.2. The number of aryl methyl sites for hydroxylation is 1. The van der Waals surface area contributed by atoms with Gasteiger partial charge in [-0.3, -0.25) is 9.36 Å². The van der Waals surface area contributed by atoms with Crippen LogP contribution in [0.3, 0.4) is 0 Å². The van der Waals surface area contributed by atoms with E-state index in [0.717, 1.165) is 29.8 Å². The van der Waals surface area contributed by atoms with E-state index in [-0.39, 0.29) is 34.7 Å². The minimum absolute atomic E-state index is 0.0186. The lowest BCUT2D eigenvalue weighted by Gasteiger charge is -2.18. The molecule has 0 spiro atoms. The highest BCUT2D eigenvalue weighted by Gasteiger charge is 2.30. The quantitative estimate of drug-likeness (QED) is 0.338. The van der Waals surface area contributed by atoms with Crippen LogP contribution in [0.15, 0.2) is 40.7 Å². The van der Waals surface area contributed by atoms with Gasteiger partial charge in [-0.25, -0.2) is 38.3 Å². The van der Waals surface area contributed by atoms with Crippen molar-refractivity contribution in [2.75, 3.05) is 11.1 Å². The van der Waals surface area contributed by atoms with Gasteiger partial charge in [-0.05, 0) is 44.7 Å². The Morgan fingerprint density at radius 2 is 1.87 bits per heavy atom. The van der Waals surface area contributed by atoms with Crippen LogP contribution in [0, 0.1) is 6.92 Å². The van der Waals surface area contributed by atoms with Gasteiger partial charge < -0.3 is 5.32 Å². The first-order chi connectivity index (χ1) is 18.2. The van der Waals surface area contributed by atoms with Crippen LogP contribution in [0.4, 0.5) is 5.82 Å². The van der Waals surface area contributed by atoms with E-state index in [4.69, 9.17) is 4.98 Å². The number of aromatic nitrogens is 7. The van der Waals surface area contributed by atoms with Crippen LogP contribution >= 0.6 is 0 Å². The minimum Gasteiger partial charge on any atom is -0.361 e. The van der Waals surface area contributed by atoms with Gasteiger partial charge in [-0.2, -0.15) is 0 Å². The van der Waals surface area contributed by atoms with Crippen molar-refractivity contribution in [3.8, 4) is 11.3 Å². The standard InChI is InChI=1S/C26H30N8O3S/c1-5-15(3)34-25-23(29-13-19(32-25)21-16(4)30-14-31-22(21)18-8-9-18)33-24(26(34)35)28-12-17-7-10-20(27-11-17)38(36,37)6-2/h7,10-11,13-15,18H,5-6,8-9,12H2,1-4H3,(H,28,29,33)/t15-/m0/s1. The van der Waals surface area contributed by atoms with E-state index in [0.29, 0.717) is 34.9 Å². The van der Waals surface area contributed by atoms with Gasteiger partial charge in [-0.1, -0.05) is 19.9 Å². The van der Waals surface area contributed by atoms with Crippen LogP contribution in [0.25, 0.3) is 22.6 Å². The smallest absolute Gasteiger partial charge is 0.295 e. The maximum absolute atomic E-state index is 13.6. The molecule has 5 rings (SSSR count). The van der Waals surface area contributed by atoms with Gasteiger partial charge in [0.2, 0.25) is 0 Å². The summed E-state index contributed by atoms with van der Waals surface area (Å²) in [6, 6.07) is 3.00. The zero-order chi connectivity index (χ0) is 27.0. The van der Waals surface area contributed by atoms with Crippen LogP contribution in [0.2, 0.25) is 0 Å². The summed E-state index contributed by atoms with van der Waals surface area (Å²) in [5.74, 6) is 0.522. The zero-order valence-corrected chi connectivity index (χ0v) is 22.7. The van der Waals surface area contributed by atoms with Crippen LogP contribution in [0.5, 0.6) is 0 Å². The highest BCUT2D eigenvalue weighted by molar-refractivity contribution is 7.91. The van der Waals surface area contributed by atoms with Gasteiger partial charge >= 0.3 is 0 Å². The van der Waals surface area contributed by atoms with Gasteiger partial charge in [0.25, 0.3) is 5.56 Å². The van der Waals surface area contributed by atoms with Crippen molar-refractivity contribution in [3.63, 3.8) is 0 Å². The van der Waals surface area contributed by atoms with Crippen molar-refractivity contribution < 1.29 is 8.42 Å². The number of anilines is 1. The zero-order valence-electron chi connectivity index (χ0n) is 21.8. The number of nitrogens with one attached hydrogen (secondary N) is 1. The van der Waals surface area contributed by atoms with Crippen LogP contribution in [-0.2, 0) is 16.4 Å². The molecule has 0 saturated heterocycles. The van der Waals surface area contributed by atoms with Crippen LogP contribution < -0.4 is 10.9 Å². The van der Waals surface area contributed by atoms with Gasteiger partial charge in [0.05, 0.1) is 29.0 Å². The van der Waals surface area contributed by atoms with E-state index in [9.17, 15) is 13.2 Å². The lowest BCUT2D eigenvalue weighted by atomic mass is 10.1. The minimum atomic E-state index is -3.38. The number of hydrogen-bond donors (Lipinski definition) is 1. The molecule has 1 N–H and O–H groups in total. The number of fused-ring (bicyclic) bond motifs is 1. The van der Waals surface area contributed by atoms with E-state index in [1.54, 1.807) is 30.1 Å². The maximum atomic E-state index is 13.6. The molecule has 4 aromatic heterocycles. The molecule has 38 heavy (non-hydrogen) atoms.